The smallest absolute Gasteiger partial charge is 0.196 e. The highest BCUT2D eigenvalue weighted by atomic mass is 16.5. The fourth-order valence-corrected chi connectivity index (χ4v) is 3.77. The Balaban J connectivity index is 1.62. The third-order valence-corrected chi connectivity index (χ3v) is 5.21. The average Bonchev–Trinajstić information content (AvgIpc) is 3.37. The van der Waals surface area contributed by atoms with E-state index in [1.165, 1.54) is 0 Å². The molecule has 0 radical (unpaired) electrons. The number of rotatable bonds is 2. The molecular weight excluding hydrogens is 354 g/mol. The number of para-hydroxylation sites is 1. The van der Waals surface area contributed by atoms with Crippen LogP contribution >= 0.6 is 0 Å². The molecule has 3 aromatic heterocycles. The summed E-state index contributed by atoms with van der Waals surface area (Å²) in [6.07, 6.45) is 1.81. The molecule has 7 heteroatoms. The number of aromatic nitrogens is 4. The van der Waals surface area contributed by atoms with Gasteiger partial charge in [-0.05, 0) is 18.2 Å². The molecule has 1 N–H and O–H groups in total. The van der Waals surface area contributed by atoms with Crippen molar-refractivity contribution in [1.29, 1.82) is 0 Å². The standard InChI is InChI=1S/C21H17N5O2/c1-2-4-17-15(3-1)18-19(28-17)21(26-7-9-27-10-8-26)24-20(23-18)13-5-6-14-12-22-25-16(14)11-13/h1-6,11-12H,7-10H2,(H,22,25). The van der Waals surface area contributed by atoms with Gasteiger partial charge in [0, 0.05) is 29.4 Å². The molecular formula is C21H17N5O2. The number of nitrogens with zero attached hydrogens (tertiary/aromatic N) is 4. The van der Waals surface area contributed by atoms with Crippen LogP contribution in [0.3, 0.4) is 0 Å². The second-order valence-electron chi connectivity index (χ2n) is 6.92. The number of fused-ring (bicyclic) bond motifs is 4. The number of furan rings is 1. The van der Waals surface area contributed by atoms with E-state index in [4.69, 9.17) is 19.1 Å². The van der Waals surface area contributed by atoms with Crippen LogP contribution in [-0.4, -0.2) is 46.5 Å². The molecule has 0 unspecified atom stereocenters. The first kappa shape index (κ1) is 15.6. The Morgan fingerprint density at radius 2 is 1.89 bits per heavy atom. The van der Waals surface area contributed by atoms with E-state index in [1.807, 2.05) is 48.7 Å². The number of anilines is 1. The monoisotopic (exact) mass is 371 g/mol. The first-order valence-corrected chi connectivity index (χ1v) is 9.32. The van der Waals surface area contributed by atoms with Crippen molar-refractivity contribution >= 4 is 38.8 Å². The van der Waals surface area contributed by atoms with Crippen LogP contribution in [0.4, 0.5) is 5.82 Å². The Morgan fingerprint density at radius 3 is 2.82 bits per heavy atom. The maximum atomic E-state index is 6.16. The molecule has 7 nitrogen and oxygen atoms in total. The number of benzene rings is 2. The zero-order valence-corrected chi connectivity index (χ0v) is 15.1. The predicted octanol–water partition coefficient (Wildman–Crippen LogP) is 3.76. The van der Waals surface area contributed by atoms with E-state index >= 15 is 0 Å². The fraction of sp³-hybridized carbons (Fsp3) is 0.190. The van der Waals surface area contributed by atoms with Crippen molar-refractivity contribution in [2.75, 3.05) is 31.2 Å². The Labute approximate surface area is 159 Å². The van der Waals surface area contributed by atoms with Crippen molar-refractivity contribution in [3.8, 4) is 11.4 Å². The van der Waals surface area contributed by atoms with Gasteiger partial charge in [-0.2, -0.15) is 5.10 Å². The molecule has 0 spiro atoms. The molecule has 138 valence electrons. The van der Waals surface area contributed by atoms with Crippen molar-refractivity contribution in [2.24, 2.45) is 0 Å². The van der Waals surface area contributed by atoms with Crippen molar-refractivity contribution in [2.45, 2.75) is 0 Å². The van der Waals surface area contributed by atoms with E-state index in [0.29, 0.717) is 19.0 Å². The van der Waals surface area contributed by atoms with Crippen molar-refractivity contribution in [1.82, 2.24) is 20.2 Å². The lowest BCUT2D eigenvalue weighted by Gasteiger charge is -2.27. The van der Waals surface area contributed by atoms with Gasteiger partial charge in [0.1, 0.15) is 11.1 Å². The number of ether oxygens (including phenoxy) is 1. The lowest BCUT2D eigenvalue weighted by molar-refractivity contribution is 0.122. The Bertz CT molecular complexity index is 1320. The summed E-state index contributed by atoms with van der Waals surface area (Å²) in [5.74, 6) is 1.50. The summed E-state index contributed by atoms with van der Waals surface area (Å²) in [7, 11) is 0. The highest BCUT2D eigenvalue weighted by molar-refractivity contribution is 6.06. The van der Waals surface area contributed by atoms with E-state index in [2.05, 4.69) is 15.1 Å². The van der Waals surface area contributed by atoms with E-state index in [9.17, 15) is 0 Å². The zero-order chi connectivity index (χ0) is 18.5. The molecule has 0 amide bonds. The molecule has 1 aliphatic rings. The van der Waals surface area contributed by atoms with Crippen LogP contribution in [0, 0.1) is 0 Å². The van der Waals surface area contributed by atoms with E-state index < -0.39 is 0 Å². The number of hydrogen-bond acceptors (Lipinski definition) is 6. The van der Waals surface area contributed by atoms with Gasteiger partial charge in [-0.25, -0.2) is 9.97 Å². The minimum Gasteiger partial charge on any atom is -0.450 e. The van der Waals surface area contributed by atoms with Gasteiger partial charge in [0.05, 0.1) is 24.9 Å². The largest absolute Gasteiger partial charge is 0.450 e. The molecule has 1 saturated heterocycles. The van der Waals surface area contributed by atoms with Crippen molar-refractivity contribution in [3.63, 3.8) is 0 Å². The van der Waals surface area contributed by atoms with Gasteiger partial charge < -0.3 is 14.1 Å². The van der Waals surface area contributed by atoms with Crippen molar-refractivity contribution < 1.29 is 9.15 Å². The summed E-state index contributed by atoms with van der Waals surface area (Å²) < 4.78 is 11.7. The molecule has 1 aliphatic heterocycles. The summed E-state index contributed by atoms with van der Waals surface area (Å²) in [5.41, 5.74) is 4.30. The minimum atomic E-state index is 0.678. The van der Waals surface area contributed by atoms with Crippen LogP contribution in [0.2, 0.25) is 0 Å². The topological polar surface area (TPSA) is 80.1 Å². The van der Waals surface area contributed by atoms with E-state index in [-0.39, 0.29) is 0 Å². The predicted molar refractivity (Wildman–Crippen MR) is 107 cm³/mol. The molecule has 0 atom stereocenters. The van der Waals surface area contributed by atoms with Crippen LogP contribution in [0.1, 0.15) is 0 Å². The Morgan fingerprint density at radius 1 is 1.00 bits per heavy atom. The quantitative estimate of drug-likeness (QED) is 0.509. The molecule has 0 bridgehead atoms. The fourth-order valence-electron chi connectivity index (χ4n) is 3.77. The number of hydrogen-bond donors (Lipinski definition) is 1. The van der Waals surface area contributed by atoms with Gasteiger partial charge in [-0.15, -0.1) is 0 Å². The molecule has 0 aliphatic carbocycles. The molecule has 1 fully saturated rings. The van der Waals surface area contributed by atoms with Crippen LogP contribution in [0.5, 0.6) is 0 Å². The summed E-state index contributed by atoms with van der Waals surface area (Å²) in [4.78, 5) is 12.0. The van der Waals surface area contributed by atoms with Gasteiger partial charge in [0.25, 0.3) is 0 Å². The normalized spacial score (nSPS) is 15.1. The summed E-state index contributed by atoms with van der Waals surface area (Å²) in [6, 6.07) is 14.1. The summed E-state index contributed by atoms with van der Waals surface area (Å²) >= 11 is 0. The second kappa shape index (κ2) is 6.03. The van der Waals surface area contributed by atoms with Gasteiger partial charge >= 0.3 is 0 Å². The number of H-pyrrole nitrogens is 1. The molecule has 28 heavy (non-hydrogen) atoms. The van der Waals surface area contributed by atoms with E-state index in [1.54, 1.807) is 0 Å². The van der Waals surface area contributed by atoms with Gasteiger partial charge in [0.2, 0.25) is 0 Å². The number of aromatic amines is 1. The van der Waals surface area contributed by atoms with Crippen molar-refractivity contribution in [3.05, 3.63) is 48.7 Å². The minimum absolute atomic E-state index is 0.678. The highest BCUT2D eigenvalue weighted by Gasteiger charge is 2.22. The molecule has 4 heterocycles. The average molecular weight is 371 g/mol. The van der Waals surface area contributed by atoms with E-state index in [0.717, 1.165) is 57.4 Å². The van der Waals surface area contributed by atoms with Crippen LogP contribution in [0.15, 0.2) is 53.1 Å². The number of morpholine rings is 1. The van der Waals surface area contributed by atoms with Gasteiger partial charge in [-0.1, -0.05) is 24.3 Å². The Hall–Kier alpha value is -3.45. The third-order valence-electron chi connectivity index (χ3n) is 5.21. The zero-order valence-electron chi connectivity index (χ0n) is 15.1. The van der Waals surface area contributed by atoms with Crippen LogP contribution < -0.4 is 4.90 Å². The highest BCUT2D eigenvalue weighted by Crippen LogP contribution is 2.35. The first-order valence-electron chi connectivity index (χ1n) is 9.32. The number of nitrogens with one attached hydrogen (secondary N) is 1. The summed E-state index contributed by atoms with van der Waals surface area (Å²) in [5, 5.41) is 9.19. The lowest BCUT2D eigenvalue weighted by atomic mass is 10.1. The maximum absolute atomic E-state index is 6.16. The lowest BCUT2D eigenvalue weighted by Crippen LogP contribution is -2.37. The molecule has 6 rings (SSSR count). The summed E-state index contributed by atoms with van der Waals surface area (Å²) in [6.45, 7) is 2.92. The molecule has 5 aromatic rings. The van der Waals surface area contributed by atoms with Gasteiger partial charge in [-0.3, -0.25) is 5.10 Å². The van der Waals surface area contributed by atoms with Crippen LogP contribution in [-0.2, 0) is 4.74 Å². The Kier molecular flexibility index (Phi) is 3.36. The SMILES string of the molecule is c1ccc2c(c1)oc1c(N3CCOCC3)nc(-c3ccc4cn[nH]c4c3)nc12. The van der Waals surface area contributed by atoms with Crippen LogP contribution in [0.25, 0.3) is 44.4 Å². The first-order chi connectivity index (χ1) is 13.9. The molecule has 0 saturated carbocycles. The molecule has 2 aromatic carbocycles. The second-order valence-corrected chi connectivity index (χ2v) is 6.92. The van der Waals surface area contributed by atoms with Gasteiger partial charge in [0.15, 0.2) is 17.2 Å². The third kappa shape index (κ3) is 2.36. The maximum Gasteiger partial charge on any atom is 0.196 e.